The van der Waals surface area contributed by atoms with Crippen molar-refractivity contribution in [2.45, 2.75) is 26.8 Å². The molecule has 3 rings (SSSR count). The number of allylic oxidation sites excluding steroid dienone is 1. The lowest BCUT2D eigenvalue weighted by molar-refractivity contribution is -0.113. The molecule has 0 spiro atoms. The second kappa shape index (κ2) is 9.88. The zero-order valence-electron chi connectivity index (χ0n) is 18.1. The molecule has 0 aromatic heterocycles. The Kier molecular flexibility index (Phi) is 7.02. The highest BCUT2D eigenvalue weighted by Crippen LogP contribution is 2.35. The van der Waals surface area contributed by atoms with Crippen molar-refractivity contribution in [3.8, 4) is 17.2 Å². The van der Waals surface area contributed by atoms with Gasteiger partial charge in [-0.05, 0) is 50.6 Å². The Morgan fingerprint density at radius 1 is 1.03 bits per heavy atom. The van der Waals surface area contributed by atoms with Crippen LogP contribution in [0.2, 0.25) is 0 Å². The summed E-state index contributed by atoms with van der Waals surface area (Å²) in [6, 6.07) is 11.5. The van der Waals surface area contributed by atoms with Crippen LogP contribution in [0.4, 0.5) is 10.5 Å². The predicted molar refractivity (Wildman–Crippen MR) is 118 cm³/mol. The van der Waals surface area contributed by atoms with E-state index in [-0.39, 0.29) is 11.9 Å². The summed E-state index contributed by atoms with van der Waals surface area (Å²) in [5, 5.41) is 8.40. The standard InChI is InChI=1S/C23H27N3O5/c1-5-30-17-10-8-7-9-16(17)25-22(27)20-14(3)24-23(28)26-21(20)15-11-12-18(31-6-2)19(13-15)29-4/h7-13,21H,5-6H2,1-4H3,(H,25,27)(H2,24,26,28). The molecule has 0 saturated heterocycles. The monoisotopic (exact) mass is 425 g/mol. The number of hydrogen-bond donors (Lipinski definition) is 3. The summed E-state index contributed by atoms with van der Waals surface area (Å²) in [7, 11) is 1.54. The van der Waals surface area contributed by atoms with Gasteiger partial charge in [-0.1, -0.05) is 18.2 Å². The van der Waals surface area contributed by atoms with Crippen LogP contribution in [0.25, 0.3) is 0 Å². The quantitative estimate of drug-likeness (QED) is 0.598. The number of carbonyl (C=O) groups excluding carboxylic acids is 2. The van der Waals surface area contributed by atoms with E-state index in [4.69, 9.17) is 14.2 Å². The number of nitrogens with one attached hydrogen (secondary N) is 3. The minimum atomic E-state index is -0.669. The number of anilines is 1. The number of urea groups is 1. The van der Waals surface area contributed by atoms with Gasteiger partial charge in [-0.25, -0.2) is 4.79 Å². The van der Waals surface area contributed by atoms with Crippen LogP contribution in [0, 0.1) is 0 Å². The molecule has 0 saturated carbocycles. The summed E-state index contributed by atoms with van der Waals surface area (Å²) < 4.78 is 16.6. The Bertz CT molecular complexity index is 1000. The Morgan fingerprint density at radius 3 is 2.45 bits per heavy atom. The molecule has 164 valence electrons. The number of hydrogen-bond acceptors (Lipinski definition) is 5. The van der Waals surface area contributed by atoms with Gasteiger partial charge in [-0.15, -0.1) is 0 Å². The number of carbonyl (C=O) groups is 2. The highest BCUT2D eigenvalue weighted by Gasteiger charge is 2.32. The van der Waals surface area contributed by atoms with Gasteiger partial charge in [-0.2, -0.15) is 0 Å². The number of ether oxygens (including phenoxy) is 3. The van der Waals surface area contributed by atoms with Gasteiger partial charge in [0, 0.05) is 5.70 Å². The van der Waals surface area contributed by atoms with Gasteiger partial charge < -0.3 is 30.2 Å². The topological polar surface area (TPSA) is 97.9 Å². The summed E-state index contributed by atoms with van der Waals surface area (Å²) in [6.07, 6.45) is 0. The number of methoxy groups -OCH3 is 1. The molecule has 0 radical (unpaired) electrons. The maximum atomic E-state index is 13.3. The molecule has 2 aromatic rings. The van der Waals surface area contributed by atoms with Gasteiger partial charge in [0.05, 0.1) is 37.6 Å². The van der Waals surface area contributed by atoms with Crippen LogP contribution < -0.4 is 30.2 Å². The van der Waals surface area contributed by atoms with E-state index in [1.54, 1.807) is 44.4 Å². The molecular weight excluding hydrogens is 398 g/mol. The van der Waals surface area contributed by atoms with Crippen molar-refractivity contribution >= 4 is 17.6 Å². The van der Waals surface area contributed by atoms with E-state index >= 15 is 0 Å². The van der Waals surface area contributed by atoms with Gasteiger partial charge in [0.25, 0.3) is 5.91 Å². The summed E-state index contributed by atoms with van der Waals surface area (Å²) in [5.41, 5.74) is 2.09. The van der Waals surface area contributed by atoms with Crippen molar-refractivity contribution in [1.82, 2.24) is 10.6 Å². The second-order valence-electron chi connectivity index (χ2n) is 6.80. The molecule has 31 heavy (non-hydrogen) atoms. The van der Waals surface area contributed by atoms with E-state index < -0.39 is 6.04 Å². The fourth-order valence-electron chi connectivity index (χ4n) is 3.42. The molecule has 3 N–H and O–H groups in total. The van der Waals surface area contributed by atoms with Crippen molar-refractivity contribution in [3.05, 3.63) is 59.3 Å². The van der Waals surface area contributed by atoms with Crippen molar-refractivity contribution in [2.75, 3.05) is 25.6 Å². The van der Waals surface area contributed by atoms with Gasteiger partial charge in [0.1, 0.15) is 5.75 Å². The van der Waals surface area contributed by atoms with Crippen LogP contribution in [0.15, 0.2) is 53.7 Å². The maximum Gasteiger partial charge on any atom is 0.319 e. The first-order chi connectivity index (χ1) is 15.0. The largest absolute Gasteiger partial charge is 0.493 e. The van der Waals surface area contributed by atoms with E-state index in [1.807, 2.05) is 26.0 Å². The number of rotatable bonds is 8. The molecule has 2 aromatic carbocycles. The molecule has 1 atom stereocenters. The predicted octanol–water partition coefficient (Wildman–Crippen LogP) is 3.76. The van der Waals surface area contributed by atoms with Crippen LogP contribution in [0.1, 0.15) is 32.4 Å². The first-order valence-electron chi connectivity index (χ1n) is 10.1. The van der Waals surface area contributed by atoms with Gasteiger partial charge >= 0.3 is 6.03 Å². The lowest BCUT2D eigenvalue weighted by Crippen LogP contribution is -2.46. The Morgan fingerprint density at radius 2 is 1.74 bits per heavy atom. The van der Waals surface area contributed by atoms with Gasteiger partial charge in [-0.3, -0.25) is 4.79 Å². The number of para-hydroxylation sites is 2. The third-order valence-electron chi connectivity index (χ3n) is 4.77. The van der Waals surface area contributed by atoms with Crippen molar-refractivity contribution in [2.24, 2.45) is 0 Å². The molecular formula is C23H27N3O5. The molecule has 1 aliphatic rings. The highest BCUT2D eigenvalue weighted by molar-refractivity contribution is 6.07. The first kappa shape index (κ1) is 22.0. The molecule has 1 heterocycles. The van der Waals surface area contributed by atoms with Crippen molar-refractivity contribution in [3.63, 3.8) is 0 Å². The van der Waals surface area contributed by atoms with E-state index in [0.29, 0.717) is 53.0 Å². The summed E-state index contributed by atoms with van der Waals surface area (Å²) in [5.74, 6) is 1.33. The number of benzene rings is 2. The maximum absolute atomic E-state index is 13.3. The average Bonchev–Trinajstić information content (AvgIpc) is 2.75. The molecule has 1 aliphatic heterocycles. The van der Waals surface area contributed by atoms with E-state index in [2.05, 4.69) is 16.0 Å². The molecule has 8 nitrogen and oxygen atoms in total. The van der Waals surface area contributed by atoms with Crippen LogP contribution in [0.3, 0.4) is 0 Å². The van der Waals surface area contributed by atoms with E-state index in [0.717, 1.165) is 0 Å². The van der Waals surface area contributed by atoms with Crippen LogP contribution in [-0.4, -0.2) is 32.3 Å². The minimum Gasteiger partial charge on any atom is -0.493 e. The molecule has 0 bridgehead atoms. The average molecular weight is 425 g/mol. The van der Waals surface area contributed by atoms with E-state index in [1.165, 1.54) is 0 Å². The Hall–Kier alpha value is -3.68. The SMILES string of the molecule is CCOc1ccccc1NC(=O)C1=C(C)NC(=O)NC1c1ccc(OCC)c(OC)c1. The molecule has 3 amide bonds. The van der Waals surface area contributed by atoms with Crippen molar-refractivity contribution in [1.29, 1.82) is 0 Å². The molecule has 1 unspecified atom stereocenters. The van der Waals surface area contributed by atoms with Gasteiger partial charge in [0.2, 0.25) is 0 Å². The van der Waals surface area contributed by atoms with Crippen LogP contribution in [-0.2, 0) is 4.79 Å². The smallest absolute Gasteiger partial charge is 0.319 e. The lowest BCUT2D eigenvalue weighted by atomic mass is 9.94. The Balaban J connectivity index is 1.96. The van der Waals surface area contributed by atoms with Crippen molar-refractivity contribution < 1.29 is 23.8 Å². The normalized spacial score (nSPS) is 15.6. The zero-order chi connectivity index (χ0) is 22.4. The lowest BCUT2D eigenvalue weighted by Gasteiger charge is -2.29. The van der Waals surface area contributed by atoms with E-state index in [9.17, 15) is 9.59 Å². The molecule has 8 heteroatoms. The molecule has 0 aliphatic carbocycles. The summed E-state index contributed by atoms with van der Waals surface area (Å²) in [4.78, 5) is 25.5. The first-order valence-corrected chi connectivity index (χ1v) is 10.1. The highest BCUT2D eigenvalue weighted by atomic mass is 16.5. The van der Waals surface area contributed by atoms with Gasteiger partial charge in [0.15, 0.2) is 11.5 Å². The zero-order valence-corrected chi connectivity index (χ0v) is 18.1. The van der Waals surface area contributed by atoms with Crippen LogP contribution >= 0.6 is 0 Å². The third-order valence-corrected chi connectivity index (χ3v) is 4.77. The summed E-state index contributed by atoms with van der Waals surface area (Å²) >= 11 is 0. The second-order valence-corrected chi connectivity index (χ2v) is 6.80. The fourth-order valence-corrected chi connectivity index (χ4v) is 3.42. The number of amides is 3. The third kappa shape index (κ3) is 4.91. The minimum absolute atomic E-state index is 0.352. The molecule has 0 fully saturated rings. The fraction of sp³-hybridized carbons (Fsp3) is 0.304. The summed E-state index contributed by atoms with van der Waals surface area (Å²) in [6.45, 7) is 6.42. The van der Waals surface area contributed by atoms with Crippen LogP contribution in [0.5, 0.6) is 17.2 Å². The Labute approximate surface area is 181 Å².